The quantitative estimate of drug-likeness (QED) is 0.204. The molecule has 0 bridgehead atoms. The molecule has 7 N–H and O–H groups in total. The molecule has 3 amide bonds. The summed E-state index contributed by atoms with van der Waals surface area (Å²) in [5, 5.41) is 26.1. The van der Waals surface area contributed by atoms with Gasteiger partial charge in [-0.05, 0) is 19.4 Å². The maximum Gasteiger partial charge on any atom is 0.325 e. The number of carboxylic acids is 1. The number of nitrogens with one attached hydrogen (secondary N) is 3. The molecule has 5 unspecified atom stereocenters. The minimum atomic E-state index is -1.37. The topological polar surface area (TPSA) is 171 Å². The van der Waals surface area contributed by atoms with Crippen molar-refractivity contribution in [2.45, 2.75) is 50.5 Å². The summed E-state index contributed by atoms with van der Waals surface area (Å²) in [6, 6.07) is 4.11. The molecule has 0 heterocycles. The predicted molar refractivity (Wildman–Crippen MR) is 113 cm³/mol. The average molecular weight is 441 g/mol. The second-order valence-electron chi connectivity index (χ2n) is 6.84. The molecule has 0 aliphatic carbocycles. The number of carboxylic acid groups (broad SMARTS) is 1. The highest BCUT2D eigenvalue weighted by Crippen LogP contribution is 2.05. The summed E-state index contributed by atoms with van der Waals surface area (Å²) in [5.41, 5.74) is 6.30. The third-order valence-corrected chi connectivity index (χ3v) is 4.63. The van der Waals surface area contributed by atoms with Crippen molar-refractivity contribution in [1.82, 2.24) is 16.0 Å². The molecule has 0 aliphatic rings. The first-order chi connectivity index (χ1) is 14.1. The minimum Gasteiger partial charge on any atom is -0.480 e. The van der Waals surface area contributed by atoms with E-state index in [1.165, 1.54) is 13.8 Å². The van der Waals surface area contributed by atoms with E-state index in [0.29, 0.717) is 0 Å². The maximum atomic E-state index is 12.7. The molecule has 30 heavy (non-hydrogen) atoms. The van der Waals surface area contributed by atoms with Gasteiger partial charge in [0.2, 0.25) is 17.7 Å². The number of aliphatic hydroxyl groups excluding tert-OH is 1. The molecule has 0 radical (unpaired) electrons. The van der Waals surface area contributed by atoms with Crippen molar-refractivity contribution in [2.75, 3.05) is 5.75 Å². The Morgan fingerprint density at radius 1 is 1.00 bits per heavy atom. The lowest BCUT2D eigenvalue weighted by Crippen LogP contribution is -2.60. The van der Waals surface area contributed by atoms with Crippen LogP contribution in [0.4, 0.5) is 0 Å². The maximum absolute atomic E-state index is 12.7. The zero-order chi connectivity index (χ0) is 22.8. The molecule has 1 aromatic carbocycles. The zero-order valence-corrected chi connectivity index (χ0v) is 17.6. The van der Waals surface area contributed by atoms with Crippen LogP contribution in [0.1, 0.15) is 19.4 Å². The number of benzene rings is 1. The lowest BCUT2D eigenvalue weighted by molar-refractivity contribution is -0.142. The fourth-order valence-corrected chi connectivity index (χ4v) is 2.61. The first-order valence-electron chi connectivity index (χ1n) is 9.29. The van der Waals surface area contributed by atoms with E-state index >= 15 is 0 Å². The Hall–Kier alpha value is -2.63. The summed E-state index contributed by atoms with van der Waals surface area (Å²) in [5.74, 6) is -3.42. The van der Waals surface area contributed by atoms with Gasteiger partial charge in [0, 0.05) is 12.2 Å². The molecule has 0 aromatic heterocycles. The summed E-state index contributed by atoms with van der Waals surface area (Å²) in [7, 11) is 0. The van der Waals surface area contributed by atoms with Crippen molar-refractivity contribution in [3.8, 4) is 0 Å². The molecule has 0 saturated heterocycles. The summed E-state index contributed by atoms with van der Waals surface area (Å²) in [6.45, 7) is 2.59. The van der Waals surface area contributed by atoms with Crippen molar-refractivity contribution in [3.05, 3.63) is 35.9 Å². The van der Waals surface area contributed by atoms with Gasteiger partial charge in [-0.3, -0.25) is 19.2 Å². The van der Waals surface area contributed by atoms with E-state index in [9.17, 15) is 24.3 Å². The summed E-state index contributed by atoms with van der Waals surface area (Å²) in [6.07, 6.45) is -1.21. The van der Waals surface area contributed by atoms with Crippen LogP contribution in [-0.2, 0) is 25.6 Å². The van der Waals surface area contributed by atoms with Gasteiger partial charge in [0.15, 0.2) is 0 Å². The lowest BCUT2D eigenvalue weighted by Gasteiger charge is -2.26. The van der Waals surface area contributed by atoms with E-state index in [1.54, 1.807) is 30.3 Å². The van der Waals surface area contributed by atoms with Crippen LogP contribution < -0.4 is 21.7 Å². The predicted octanol–water partition coefficient (Wildman–Crippen LogP) is -1.57. The van der Waals surface area contributed by atoms with E-state index in [0.717, 1.165) is 5.56 Å². The molecule has 166 valence electrons. The molecule has 0 fully saturated rings. The summed E-state index contributed by atoms with van der Waals surface area (Å²) >= 11 is 3.92. The molecule has 10 nitrogen and oxygen atoms in total. The second-order valence-corrected chi connectivity index (χ2v) is 7.20. The number of nitrogens with two attached hydrogens (primary N) is 1. The standard InChI is InChI=1S/C19H28N4O6S/c1-10(19(28)29)21-17(26)14(8-12-6-4-3-5-7-12)22-18(27)15(11(2)24)23-16(25)13(20)9-30/h3-7,10-11,13-15,24,30H,8-9,20H2,1-2H3,(H,21,26)(H,22,27)(H,23,25)(H,28,29). The molecule has 5 atom stereocenters. The normalized spacial score (nSPS) is 15.8. The van der Waals surface area contributed by atoms with Crippen LogP contribution >= 0.6 is 12.6 Å². The van der Waals surface area contributed by atoms with E-state index in [1.807, 2.05) is 0 Å². The van der Waals surface area contributed by atoms with Crippen molar-refractivity contribution in [1.29, 1.82) is 0 Å². The highest BCUT2D eigenvalue weighted by atomic mass is 32.1. The highest BCUT2D eigenvalue weighted by molar-refractivity contribution is 7.80. The first-order valence-corrected chi connectivity index (χ1v) is 9.92. The van der Waals surface area contributed by atoms with Crippen LogP contribution in [0.5, 0.6) is 0 Å². The number of aliphatic hydroxyl groups is 1. The lowest BCUT2D eigenvalue weighted by atomic mass is 10.0. The molecular weight excluding hydrogens is 412 g/mol. The van der Waals surface area contributed by atoms with Crippen molar-refractivity contribution >= 4 is 36.3 Å². The fraction of sp³-hybridized carbons (Fsp3) is 0.474. The number of amides is 3. The van der Waals surface area contributed by atoms with E-state index in [4.69, 9.17) is 10.8 Å². The number of rotatable bonds is 11. The SMILES string of the molecule is CC(NC(=O)C(Cc1ccccc1)NC(=O)C(NC(=O)C(N)CS)C(C)O)C(=O)O. The minimum absolute atomic E-state index is 0.0338. The van der Waals surface area contributed by atoms with Gasteiger partial charge in [0.25, 0.3) is 0 Å². The van der Waals surface area contributed by atoms with Crippen LogP contribution in [0, 0.1) is 0 Å². The van der Waals surface area contributed by atoms with Gasteiger partial charge in [-0.25, -0.2) is 0 Å². The van der Waals surface area contributed by atoms with Gasteiger partial charge in [-0.2, -0.15) is 12.6 Å². The number of thiol groups is 1. The van der Waals surface area contributed by atoms with Crippen LogP contribution in [-0.4, -0.2) is 69.9 Å². The van der Waals surface area contributed by atoms with Crippen LogP contribution in [0.2, 0.25) is 0 Å². The van der Waals surface area contributed by atoms with Crippen molar-refractivity contribution < 1.29 is 29.4 Å². The van der Waals surface area contributed by atoms with E-state index in [2.05, 4.69) is 28.6 Å². The van der Waals surface area contributed by atoms with Gasteiger partial charge in [0.05, 0.1) is 12.1 Å². The first kappa shape index (κ1) is 25.4. The van der Waals surface area contributed by atoms with Gasteiger partial charge in [-0.15, -0.1) is 0 Å². The molecular formula is C19H28N4O6S. The second kappa shape index (κ2) is 12.2. The Bertz CT molecular complexity index is 746. The van der Waals surface area contributed by atoms with E-state index < -0.39 is 54.0 Å². The summed E-state index contributed by atoms with van der Waals surface area (Å²) in [4.78, 5) is 48.4. The third-order valence-electron chi connectivity index (χ3n) is 4.24. The molecule has 0 aliphatic heterocycles. The Labute approximate surface area is 180 Å². The van der Waals surface area contributed by atoms with E-state index in [-0.39, 0.29) is 12.2 Å². The Morgan fingerprint density at radius 2 is 1.60 bits per heavy atom. The van der Waals surface area contributed by atoms with Crippen molar-refractivity contribution in [2.24, 2.45) is 5.73 Å². The highest BCUT2D eigenvalue weighted by Gasteiger charge is 2.31. The average Bonchev–Trinajstić information content (AvgIpc) is 2.70. The van der Waals surface area contributed by atoms with Gasteiger partial charge >= 0.3 is 5.97 Å². The fourth-order valence-electron chi connectivity index (χ4n) is 2.44. The molecule has 0 saturated carbocycles. The molecule has 0 spiro atoms. The van der Waals surface area contributed by atoms with Crippen LogP contribution in [0.15, 0.2) is 30.3 Å². The Morgan fingerprint density at radius 3 is 2.10 bits per heavy atom. The monoisotopic (exact) mass is 440 g/mol. The van der Waals surface area contributed by atoms with Gasteiger partial charge in [0.1, 0.15) is 18.1 Å². The van der Waals surface area contributed by atoms with Crippen LogP contribution in [0.25, 0.3) is 0 Å². The molecule has 11 heteroatoms. The zero-order valence-electron chi connectivity index (χ0n) is 16.7. The Balaban J connectivity index is 3.01. The smallest absolute Gasteiger partial charge is 0.325 e. The number of aliphatic carboxylic acids is 1. The Kier molecular flexibility index (Phi) is 10.3. The van der Waals surface area contributed by atoms with Crippen LogP contribution in [0.3, 0.4) is 0 Å². The third kappa shape index (κ3) is 8.01. The van der Waals surface area contributed by atoms with Gasteiger partial charge < -0.3 is 31.9 Å². The number of carbonyl (C=O) groups excluding carboxylic acids is 3. The molecule has 1 aromatic rings. The van der Waals surface area contributed by atoms with Crippen molar-refractivity contribution in [3.63, 3.8) is 0 Å². The summed E-state index contributed by atoms with van der Waals surface area (Å²) < 4.78 is 0. The number of hydrogen-bond donors (Lipinski definition) is 7. The van der Waals surface area contributed by atoms with Gasteiger partial charge in [-0.1, -0.05) is 30.3 Å². The number of hydrogen-bond acceptors (Lipinski definition) is 7. The molecule has 1 rings (SSSR count). The largest absolute Gasteiger partial charge is 0.480 e. The number of carbonyl (C=O) groups is 4.